The van der Waals surface area contributed by atoms with Crippen molar-refractivity contribution in [2.24, 2.45) is 0 Å². The van der Waals surface area contributed by atoms with Crippen LogP contribution in [0.2, 0.25) is 0 Å². The predicted molar refractivity (Wildman–Crippen MR) is 90.7 cm³/mol. The summed E-state index contributed by atoms with van der Waals surface area (Å²) in [5.41, 5.74) is 0.980. The van der Waals surface area contributed by atoms with Gasteiger partial charge in [-0.1, -0.05) is 13.0 Å². The molecule has 23 heavy (non-hydrogen) atoms. The molecule has 0 aliphatic heterocycles. The number of hydrogen-bond acceptors (Lipinski definition) is 5. The summed E-state index contributed by atoms with van der Waals surface area (Å²) in [6.07, 6.45) is 0.570. The summed E-state index contributed by atoms with van der Waals surface area (Å²) in [5.74, 6) is 2.04. The van der Waals surface area contributed by atoms with Gasteiger partial charge in [-0.3, -0.25) is 0 Å². The van der Waals surface area contributed by atoms with Crippen LogP contribution in [0.1, 0.15) is 52.0 Å². The Morgan fingerprint density at radius 2 is 1.52 bits per heavy atom. The van der Waals surface area contributed by atoms with Crippen LogP contribution >= 0.6 is 0 Å². The SMILES string of the molecule is CCOc1ccc(C(CC)CC(O)CO)c(OCC)c1OCC. The molecule has 2 N–H and O–H groups in total. The normalized spacial score (nSPS) is 13.5. The fraction of sp³-hybridized carbons (Fsp3) is 0.667. The highest BCUT2D eigenvalue weighted by Gasteiger charge is 2.24. The molecule has 0 spiro atoms. The Labute approximate surface area is 139 Å². The van der Waals surface area contributed by atoms with Gasteiger partial charge in [0.15, 0.2) is 11.5 Å². The molecule has 5 nitrogen and oxygen atoms in total. The molecule has 2 atom stereocenters. The molecule has 0 saturated heterocycles. The van der Waals surface area contributed by atoms with Gasteiger partial charge in [-0.2, -0.15) is 0 Å². The summed E-state index contributed by atoms with van der Waals surface area (Å²) in [7, 11) is 0. The Balaban J connectivity index is 3.30. The summed E-state index contributed by atoms with van der Waals surface area (Å²) < 4.78 is 17.3. The van der Waals surface area contributed by atoms with Crippen molar-refractivity contribution in [3.63, 3.8) is 0 Å². The van der Waals surface area contributed by atoms with Crippen LogP contribution in [0.15, 0.2) is 12.1 Å². The van der Waals surface area contributed by atoms with Crippen molar-refractivity contribution >= 4 is 0 Å². The highest BCUT2D eigenvalue weighted by atomic mass is 16.5. The Bertz CT molecular complexity index is 461. The van der Waals surface area contributed by atoms with E-state index in [0.717, 1.165) is 12.0 Å². The number of rotatable bonds is 11. The van der Waals surface area contributed by atoms with E-state index in [1.807, 2.05) is 32.9 Å². The van der Waals surface area contributed by atoms with E-state index in [1.54, 1.807) is 0 Å². The zero-order valence-electron chi connectivity index (χ0n) is 14.7. The second-order valence-corrected chi connectivity index (χ2v) is 5.29. The van der Waals surface area contributed by atoms with Gasteiger partial charge >= 0.3 is 0 Å². The molecule has 0 aromatic heterocycles. The molecule has 0 heterocycles. The van der Waals surface area contributed by atoms with E-state index in [0.29, 0.717) is 43.5 Å². The molecule has 1 aromatic rings. The molecule has 5 heteroatoms. The van der Waals surface area contributed by atoms with Crippen molar-refractivity contribution in [3.05, 3.63) is 17.7 Å². The van der Waals surface area contributed by atoms with Gasteiger partial charge < -0.3 is 24.4 Å². The average molecular weight is 326 g/mol. The van der Waals surface area contributed by atoms with Gasteiger partial charge in [0.2, 0.25) is 5.75 Å². The molecule has 1 aromatic carbocycles. The van der Waals surface area contributed by atoms with Gasteiger partial charge in [0.05, 0.1) is 32.5 Å². The topological polar surface area (TPSA) is 68.2 Å². The van der Waals surface area contributed by atoms with E-state index in [2.05, 4.69) is 6.92 Å². The second kappa shape index (κ2) is 10.3. The molecular formula is C18H30O5. The van der Waals surface area contributed by atoms with Crippen LogP contribution in [0.5, 0.6) is 17.2 Å². The quantitative estimate of drug-likeness (QED) is 0.654. The van der Waals surface area contributed by atoms with E-state index in [1.165, 1.54) is 0 Å². The number of benzene rings is 1. The summed E-state index contributed by atoms with van der Waals surface area (Å²) in [6, 6.07) is 3.86. The van der Waals surface area contributed by atoms with Gasteiger partial charge in [0.25, 0.3) is 0 Å². The van der Waals surface area contributed by atoms with Crippen LogP contribution in [-0.4, -0.2) is 42.7 Å². The zero-order valence-corrected chi connectivity index (χ0v) is 14.7. The summed E-state index contributed by atoms with van der Waals surface area (Å²) in [4.78, 5) is 0. The Kier molecular flexibility index (Phi) is 8.81. The van der Waals surface area contributed by atoms with E-state index in [9.17, 15) is 5.11 Å². The highest BCUT2D eigenvalue weighted by molar-refractivity contribution is 5.57. The lowest BCUT2D eigenvalue weighted by Crippen LogP contribution is -2.17. The van der Waals surface area contributed by atoms with Crippen molar-refractivity contribution in [1.82, 2.24) is 0 Å². The molecule has 0 saturated carbocycles. The van der Waals surface area contributed by atoms with Crippen LogP contribution in [0, 0.1) is 0 Å². The largest absolute Gasteiger partial charge is 0.490 e. The Morgan fingerprint density at radius 3 is 2.04 bits per heavy atom. The van der Waals surface area contributed by atoms with Crippen molar-refractivity contribution in [2.45, 2.75) is 52.6 Å². The van der Waals surface area contributed by atoms with Gasteiger partial charge in [0.1, 0.15) is 0 Å². The smallest absolute Gasteiger partial charge is 0.203 e. The highest BCUT2D eigenvalue weighted by Crippen LogP contribution is 2.45. The third kappa shape index (κ3) is 5.29. The van der Waals surface area contributed by atoms with Gasteiger partial charge in [-0.25, -0.2) is 0 Å². The van der Waals surface area contributed by atoms with Crippen LogP contribution in [0.3, 0.4) is 0 Å². The minimum absolute atomic E-state index is 0.0774. The molecule has 0 fully saturated rings. The lowest BCUT2D eigenvalue weighted by atomic mass is 9.89. The third-order valence-corrected chi connectivity index (χ3v) is 3.68. The Hall–Kier alpha value is -1.46. The van der Waals surface area contributed by atoms with Gasteiger partial charge in [-0.05, 0) is 45.6 Å². The predicted octanol–water partition coefficient (Wildman–Crippen LogP) is 3.12. The first kappa shape index (κ1) is 19.6. The fourth-order valence-electron chi connectivity index (χ4n) is 2.64. The summed E-state index contributed by atoms with van der Waals surface area (Å²) in [5, 5.41) is 18.9. The molecule has 0 bridgehead atoms. The van der Waals surface area contributed by atoms with Crippen molar-refractivity contribution in [3.8, 4) is 17.2 Å². The van der Waals surface area contributed by atoms with E-state index >= 15 is 0 Å². The van der Waals surface area contributed by atoms with E-state index in [4.69, 9.17) is 19.3 Å². The molecule has 0 amide bonds. The van der Waals surface area contributed by atoms with Gasteiger partial charge in [-0.15, -0.1) is 0 Å². The van der Waals surface area contributed by atoms with Crippen LogP contribution in [-0.2, 0) is 0 Å². The lowest BCUT2D eigenvalue weighted by molar-refractivity contribution is 0.0814. The lowest BCUT2D eigenvalue weighted by Gasteiger charge is -2.24. The molecule has 0 aliphatic carbocycles. The molecular weight excluding hydrogens is 296 g/mol. The number of aliphatic hydroxyl groups is 2. The number of ether oxygens (including phenoxy) is 3. The van der Waals surface area contributed by atoms with Gasteiger partial charge in [0, 0.05) is 5.56 Å². The number of hydrogen-bond donors (Lipinski definition) is 2. The first-order valence-electron chi connectivity index (χ1n) is 8.46. The third-order valence-electron chi connectivity index (χ3n) is 3.68. The Morgan fingerprint density at radius 1 is 0.913 bits per heavy atom. The molecule has 2 unspecified atom stereocenters. The van der Waals surface area contributed by atoms with Crippen molar-refractivity contribution in [1.29, 1.82) is 0 Å². The first-order valence-corrected chi connectivity index (χ1v) is 8.46. The maximum atomic E-state index is 9.81. The monoisotopic (exact) mass is 326 g/mol. The molecule has 0 radical (unpaired) electrons. The van der Waals surface area contributed by atoms with E-state index < -0.39 is 6.10 Å². The molecule has 132 valence electrons. The van der Waals surface area contributed by atoms with Crippen LogP contribution in [0.4, 0.5) is 0 Å². The number of aliphatic hydroxyl groups excluding tert-OH is 2. The second-order valence-electron chi connectivity index (χ2n) is 5.29. The minimum Gasteiger partial charge on any atom is -0.490 e. The minimum atomic E-state index is -0.739. The fourth-order valence-corrected chi connectivity index (χ4v) is 2.64. The zero-order chi connectivity index (χ0) is 17.2. The maximum Gasteiger partial charge on any atom is 0.203 e. The standard InChI is InChI=1S/C18H30O5/c1-5-13(11-14(20)12-19)15-9-10-16(21-6-2)18(23-8-4)17(15)22-7-3/h9-10,13-14,19-20H,5-8,11-12H2,1-4H3. The average Bonchev–Trinajstić information content (AvgIpc) is 2.56. The molecule has 0 aliphatic rings. The van der Waals surface area contributed by atoms with Crippen LogP contribution in [0.25, 0.3) is 0 Å². The first-order chi connectivity index (χ1) is 11.1. The van der Waals surface area contributed by atoms with Crippen LogP contribution < -0.4 is 14.2 Å². The molecule has 1 rings (SSSR count). The van der Waals surface area contributed by atoms with Crippen molar-refractivity contribution < 1.29 is 24.4 Å². The van der Waals surface area contributed by atoms with Crippen molar-refractivity contribution in [2.75, 3.05) is 26.4 Å². The van der Waals surface area contributed by atoms with E-state index in [-0.39, 0.29) is 12.5 Å². The summed E-state index contributed by atoms with van der Waals surface area (Å²) in [6.45, 7) is 9.17. The maximum absolute atomic E-state index is 9.81. The summed E-state index contributed by atoms with van der Waals surface area (Å²) >= 11 is 0.